The van der Waals surface area contributed by atoms with Gasteiger partial charge in [-0.25, -0.2) is 4.79 Å². The Morgan fingerprint density at radius 3 is 1.90 bits per heavy atom. The van der Waals surface area contributed by atoms with E-state index in [1.807, 2.05) is 63.3 Å². The molecule has 5 N–H and O–H groups in total. The molecule has 1 aliphatic heterocycles. The Kier molecular flexibility index (Phi) is 18.8. The van der Waals surface area contributed by atoms with Gasteiger partial charge in [-0.15, -0.1) is 0 Å². The van der Waals surface area contributed by atoms with Crippen molar-refractivity contribution in [2.45, 2.75) is 141 Å². The number of halogens is 3. The molecule has 0 bridgehead atoms. The molecule has 5 atom stereocenters. The molecule has 5 rings (SSSR count). The van der Waals surface area contributed by atoms with Crippen molar-refractivity contribution in [3.05, 3.63) is 60.0 Å². The smallest absolute Gasteiger partial charge is 0.490 e. The van der Waals surface area contributed by atoms with Crippen molar-refractivity contribution in [2.24, 2.45) is 17.8 Å². The average molecular weight is 887 g/mol. The molecule has 0 unspecified atom stereocenters. The summed E-state index contributed by atoms with van der Waals surface area (Å²) in [4.78, 5) is 83.8. The lowest BCUT2D eigenvalue weighted by Gasteiger charge is -2.32. The molecule has 5 amide bonds. The van der Waals surface area contributed by atoms with Crippen molar-refractivity contribution < 1.29 is 51.8 Å². The topological polar surface area (TPSA) is 190 Å². The van der Waals surface area contributed by atoms with Crippen LogP contribution < -0.4 is 16.0 Å². The number of benzene rings is 1. The van der Waals surface area contributed by atoms with E-state index < -0.39 is 54.2 Å². The number of carboxylic acid groups (broad SMARTS) is 1. The van der Waals surface area contributed by atoms with Crippen molar-refractivity contribution in [1.82, 2.24) is 30.7 Å². The molecule has 1 aromatic carbocycles. The number of carboxylic acids is 1. The number of aromatic nitrogens is 1. The van der Waals surface area contributed by atoms with Crippen LogP contribution in [0.15, 0.2) is 54.4 Å². The SMILES string of the molecule is COC1=CC(=O)N(C(=O)/C=C/[C@H](C)NC(=O)[C@H](CC2CCCCC2)NC(=O)[C@H](CC2CCCCC2)NC(=O)[C@H](C(C)C)N(C)C)[C@H]1Cc1c[nH]c2ccccc12.O=C(O)C(F)(F)F. The number of likely N-dealkylation sites (N-methyl/N-ethyl adjacent to an activating group) is 1. The highest BCUT2D eigenvalue weighted by molar-refractivity contribution is 6.08. The number of carbonyl (C=O) groups excluding carboxylic acids is 5. The fourth-order valence-electron chi connectivity index (χ4n) is 9.04. The zero-order valence-corrected chi connectivity index (χ0v) is 37.3. The van der Waals surface area contributed by atoms with Crippen molar-refractivity contribution in [2.75, 3.05) is 21.2 Å². The van der Waals surface area contributed by atoms with E-state index in [4.69, 9.17) is 14.6 Å². The summed E-state index contributed by atoms with van der Waals surface area (Å²) in [5, 5.41) is 17.3. The number of carbonyl (C=O) groups is 6. The van der Waals surface area contributed by atoms with Crippen LogP contribution in [0.5, 0.6) is 0 Å². The third-order valence-electron chi connectivity index (χ3n) is 12.2. The summed E-state index contributed by atoms with van der Waals surface area (Å²) in [6, 6.07) is 4.68. The van der Waals surface area contributed by atoms with Gasteiger partial charge in [0.05, 0.1) is 13.2 Å². The number of fused-ring (bicyclic) bond motifs is 1. The molecule has 63 heavy (non-hydrogen) atoms. The van der Waals surface area contributed by atoms with Crippen molar-refractivity contribution in [3.8, 4) is 0 Å². The lowest BCUT2D eigenvalue weighted by Crippen LogP contribution is -2.58. The van der Waals surface area contributed by atoms with Crippen LogP contribution in [-0.2, 0) is 39.9 Å². The first kappa shape index (κ1) is 50.5. The molecule has 0 spiro atoms. The van der Waals surface area contributed by atoms with Gasteiger partial charge in [-0.05, 0) is 63.2 Å². The van der Waals surface area contributed by atoms with Crippen molar-refractivity contribution in [1.29, 1.82) is 0 Å². The molecule has 1 aromatic heterocycles. The molecule has 2 fully saturated rings. The second-order valence-corrected chi connectivity index (χ2v) is 17.6. The highest BCUT2D eigenvalue weighted by atomic mass is 19.4. The van der Waals surface area contributed by atoms with Gasteiger partial charge in [0.1, 0.15) is 23.9 Å². The van der Waals surface area contributed by atoms with Crippen LogP contribution in [0.3, 0.4) is 0 Å². The van der Waals surface area contributed by atoms with Gasteiger partial charge in [0.25, 0.3) is 11.8 Å². The van der Waals surface area contributed by atoms with E-state index in [9.17, 15) is 37.1 Å². The number of amides is 5. The molecule has 2 aliphatic carbocycles. The van der Waals surface area contributed by atoms with Crippen LogP contribution in [0.1, 0.15) is 103 Å². The number of nitrogens with one attached hydrogen (secondary N) is 4. The van der Waals surface area contributed by atoms with Gasteiger partial charge in [0.2, 0.25) is 17.7 Å². The maximum Gasteiger partial charge on any atom is 0.490 e. The number of rotatable bonds is 17. The minimum absolute atomic E-state index is 0.0434. The number of imide groups is 1. The van der Waals surface area contributed by atoms with E-state index in [-0.39, 0.29) is 29.6 Å². The van der Waals surface area contributed by atoms with Crippen molar-refractivity contribution in [3.63, 3.8) is 0 Å². The molecule has 0 radical (unpaired) electrons. The molecule has 14 nitrogen and oxygen atoms in total. The minimum atomic E-state index is -5.08. The Labute approximate surface area is 367 Å². The van der Waals surface area contributed by atoms with E-state index in [1.165, 1.54) is 30.6 Å². The third kappa shape index (κ3) is 14.7. The summed E-state index contributed by atoms with van der Waals surface area (Å²) in [6.45, 7) is 5.75. The molecule has 2 heterocycles. The molecular weight excluding hydrogens is 822 g/mol. The third-order valence-corrected chi connectivity index (χ3v) is 12.2. The average Bonchev–Trinajstić information content (AvgIpc) is 3.79. The molecule has 348 valence electrons. The van der Waals surface area contributed by atoms with Gasteiger partial charge < -0.3 is 30.8 Å². The molecule has 2 aromatic rings. The van der Waals surface area contributed by atoms with Gasteiger partial charge >= 0.3 is 12.1 Å². The second-order valence-electron chi connectivity index (χ2n) is 17.6. The molecule has 17 heteroatoms. The van der Waals surface area contributed by atoms with Crippen molar-refractivity contribution >= 4 is 46.4 Å². The minimum Gasteiger partial charge on any atom is -0.499 e. The van der Waals surface area contributed by atoms with Gasteiger partial charge in [-0.3, -0.25) is 33.8 Å². The van der Waals surface area contributed by atoms with Crippen LogP contribution in [-0.4, -0.2) is 113 Å². The van der Waals surface area contributed by atoms with Gasteiger partial charge in [-0.2, -0.15) is 13.2 Å². The first-order valence-corrected chi connectivity index (χ1v) is 22.0. The number of hydrogen-bond acceptors (Lipinski definition) is 8. The lowest BCUT2D eigenvalue weighted by molar-refractivity contribution is -0.192. The molecule has 0 saturated heterocycles. The number of ether oxygens (including phenoxy) is 1. The van der Waals surface area contributed by atoms with E-state index >= 15 is 0 Å². The number of nitrogens with zero attached hydrogens (tertiary/aromatic N) is 2. The Hall–Kier alpha value is -5.19. The van der Waals surface area contributed by atoms with Crippen LogP contribution in [0.25, 0.3) is 10.9 Å². The van der Waals surface area contributed by atoms with E-state index in [2.05, 4.69) is 20.9 Å². The maximum atomic E-state index is 14.2. The fourth-order valence-corrected chi connectivity index (χ4v) is 9.04. The highest BCUT2D eigenvalue weighted by Crippen LogP contribution is 2.30. The van der Waals surface area contributed by atoms with E-state index in [0.29, 0.717) is 30.9 Å². The molecule has 2 saturated carbocycles. The summed E-state index contributed by atoms with van der Waals surface area (Å²) in [7, 11) is 5.23. The number of aliphatic carboxylic acids is 1. The summed E-state index contributed by atoms with van der Waals surface area (Å²) in [5.74, 6) is -3.55. The number of alkyl halides is 3. The summed E-state index contributed by atoms with van der Waals surface area (Å²) in [6.07, 6.45) is 13.2. The Morgan fingerprint density at radius 2 is 1.40 bits per heavy atom. The summed E-state index contributed by atoms with van der Waals surface area (Å²) < 4.78 is 37.3. The number of methoxy groups -OCH3 is 1. The Bertz CT molecular complexity index is 1940. The lowest BCUT2D eigenvalue weighted by atomic mass is 9.83. The largest absolute Gasteiger partial charge is 0.499 e. The second kappa shape index (κ2) is 23.5. The van der Waals surface area contributed by atoms with Crippen LogP contribution >= 0.6 is 0 Å². The van der Waals surface area contributed by atoms with E-state index in [0.717, 1.165) is 74.3 Å². The fraction of sp³-hybridized carbons (Fsp3) is 0.609. The van der Waals surface area contributed by atoms with E-state index in [1.54, 1.807) is 13.0 Å². The van der Waals surface area contributed by atoms with Crippen LogP contribution in [0.2, 0.25) is 0 Å². The first-order chi connectivity index (χ1) is 29.8. The first-order valence-electron chi connectivity index (χ1n) is 22.0. The number of aromatic amines is 1. The Balaban J connectivity index is 0.00000115. The molecular formula is C46H65F3N6O8. The monoisotopic (exact) mass is 886 g/mol. The molecule has 3 aliphatic rings. The Morgan fingerprint density at radius 1 is 0.873 bits per heavy atom. The van der Waals surface area contributed by atoms with Gasteiger partial charge in [0, 0.05) is 41.7 Å². The summed E-state index contributed by atoms with van der Waals surface area (Å²) >= 11 is 0. The predicted octanol–water partition coefficient (Wildman–Crippen LogP) is 6.17. The van der Waals surface area contributed by atoms with Crippen LogP contribution in [0, 0.1) is 17.8 Å². The highest BCUT2D eigenvalue weighted by Gasteiger charge is 2.39. The normalized spacial score (nSPS) is 19.5. The zero-order chi connectivity index (χ0) is 46.4. The quantitative estimate of drug-likeness (QED) is 0.116. The number of para-hydroxylation sites is 1. The standard InChI is InChI=1S/C44H64N6O6.C2HF3O2/c1-28(2)41(49(4)5)44(55)48-36(24-31-17-11-8-12-18-31)43(54)47-35(23-30-15-9-7-10-16-30)42(53)46-29(3)21-22-39(51)50-37(38(56-6)26-40(50)52)25-32-27-45-34-20-14-13-19-33(32)34;3-2(4,5)1(6)7/h13-14,19-22,26-31,35-37,41,45H,7-12,15-18,23-25H2,1-6H3,(H,46,53)(H,47,54)(H,48,55);(H,6,7)/b22-21+;/t29-,35-,36-,37-,41-;/m0./s1. The predicted molar refractivity (Wildman–Crippen MR) is 232 cm³/mol. The zero-order valence-electron chi connectivity index (χ0n) is 37.3. The summed E-state index contributed by atoms with van der Waals surface area (Å²) in [5.41, 5.74) is 1.92. The van der Waals surface area contributed by atoms with Gasteiger partial charge in [0.15, 0.2) is 0 Å². The number of hydrogen-bond donors (Lipinski definition) is 5. The number of H-pyrrole nitrogens is 1. The maximum absolute atomic E-state index is 14.2. The van der Waals surface area contributed by atoms with Gasteiger partial charge in [-0.1, -0.05) is 102 Å². The van der Waals surface area contributed by atoms with Crippen LogP contribution in [0.4, 0.5) is 13.2 Å².